The molecule has 3 aromatic carbocycles. The first kappa shape index (κ1) is 21.1. The van der Waals surface area contributed by atoms with E-state index >= 15 is 0 Å². The third-order valence-corrected chi connectivity index (χ3v) is 5.49. The molecule has 7 nitrogen and oxygen atoms in total. The van der Waals surface area contributed by atoms with E-state index in [1.54, 1.807) is 66.7 Å². The smallest absolute Gasteiger partial charge is 0.262 e. The zero-order valence-electron chi connectivity index (χ0n) is 16.2. The zero-order chi connectivity index (χ0) is 21.6. The van der Waals surface area contributed by atoms with E-state index in [9.17, 15) is 18.0 Å². The maximum atomic E-state index is 12.6. The average Bonchev–Trinajstić information content (AvgIpc) is 2.74. The monoisotopic (exact) mass is 424 g/mol. The number of hydrogen-bond donors (Lipinski definition) is 2. The fourth-order valence-corrected chi connectivity index (χ4v) is 3.73. The van der Waals surface area contributed by atoms with Gasteiger partial charge in [0.1, 0.15) is 5.75 Å². The highest BCUT2D eigenvalue weighted by molar-refractivity contribution is 7.92. The Morgan fingerprint density at radius 2 is 1.53 bits per heavy atom. The summed E-state index contributed by atoms with van der Waals surface area (Å²) in [4.78, 5) is 23.9. The van der Waals surface area contributed by atoms with Crippen molar-refractivity contribution in [1.82, 2.24) is 0 Å². The van der Waals surface area contributed by atoms with Crippen LogP contribution in [0.1, 0.15) is 17.3 Å². The molecular formula is C22H20N2O5S. The molecule has 3 rings (SSSR count). The number of Topliss-reactive ketones (excluding diaryl/α,β-unsaturated/α-hetero) is 1. The number of amides is 1. The van der Waals surface area contributed by atoms with E-state index in [1.165, 1.54) is 19.1 Å². The van der Waals surface area contributed by atoms with Gasteiger partial charge in [0.25, 0.3) is 15.9 Å². The van der Waals surface area contributed by atoms with Crippen LogP contribution in [0.15, 0.2) is 83.8 Å². The quantitative estimate of drug-likeness (QED) is 0.537. The highest BCUT2D eigenvalue weighted by atomic mass is 32.2. The normalized spacial score (nSPS) is 10.8. The highest BCUT2D eigenvalue weighted by Crippen LogP contribution is 2.24. The summed E-state index contributed by atoms with van der Waals surface area (Å²) in [5, 5.41) is 2.63. The van der Waals surface area contributed by atoms with Gasteiger partial charge >= 0.3 is 0 Å². The van der Waals surface area contributed by atoms with Gasteiger partial charge in [-0.3, -0.25) is 14.3 Å². The van der Waals surface area contributed by atoms with Crippen molar-refractivity contribution < 1.29 is 22.7 Å². The van der Waals surface area contributed by atoms with Gasteiger partial charge < -0.3 is 10.1 Å². The first-order chi connectivity index (χ1) is 14.3. The van der Waals surface area contributed by atoms with Crippen LogP contribution in [0, 0.1) is 0 Å². The lowest BCUT2D eigenvalue weighted by molar-refractivity contribution is -0.118. The molecule has 1 amide bonds. The summed E-state index contributed by atoms with van der Waals surface area (Å²) < 4.78 is 33.0. The van der Waals surface area contributed by atoms with E-state index in [4.69, 9.17) is 4.74 Å². The molecule has 0 radical (unpaired) electrons. The second kappa shape index (κ2) is 9.23. The van der Waals surface area contributed by atoms with Crippen molar-refractivity contribution in [2.24, 2.45) is 0 Å². The van der Waals surface area contributed by atoms with Gasteiger partial charge in [-0.2, -0.15) is 0 Å². The number of ketones is 1. The molecule has 0 bridgehead atoms. The van der Waals surface area contributed by atoms with Gasteiger partial charge in [0.15, 0.2) is 12.4 Å². The third kappa shape index (κ3) is 5.45. The minimum absolute atomic E-state index is 0.107. The van der Waals surface area contributed by atoms with Crippen LogP contribution in [0.3, 0.4) is 0 Å². The Morgan fingerprint density at radius 1 is 0.867 bits per heavy atom. The van der Waals surface area contributed by atoms with Gasteiger partial charge in [0.2, 0.25) is 0 Å². The first-order valence-electron chi connectivity index (χ1n) is 9.06. The summed E-state index contributed by atoms with van der Waals surface area (Å²) in [5.74, 6) is -0.199. The zero-order valence-corrected chi connectivity index (χ0v) is 17.0. The number of hydrogen-bond acceptors (Lipinski definition) is 5. The average molecular weight is 424 g/mol. The number of rotatable bonds is 8. The number of anilines is 2. The van der Waals surface area contributed by atoms with Crippen molar-refractivity contribution in [3.63, 3.8) is 0 Å². The molecule has 0 aliphatic rings. The molecule has 3 aromatic rings. The molecule has 154 valence electrons. The molecule has 0 fully saturated rings. The number of para-hydroxylation sites is 2. The summed E-state index contributed by atoms with van der Waals surface area (Å²) >= 11 is 0. The third-order valence-electron chi connectivity index (χ3n) is 4.11. The molecule has 0 spiro atoms. The van der Waals surface area contributed by atoms with Crippen molar-refractivity contribution in [2.75, 3.05) is 16.6 Å². The summed E-state index contributed by atoms with van der Waals surface area (Å²) in [6.07, 6.45) is 0. The number of sulfonamides is 1. The van der Waals surface area contributed by atoms with Crippen molar-refractivity contribution in [1.29, 1.82) is 0 Å². The Hall–Kier alpha value is -3.65. The van der Waals surface area contributed by atoms with Gasteiger partial charge in [-0.05, 0) is 43.3 Å². The number of benzene rings is 3. The van der Waals surface area contributed by atoms with Gasteiger partial charge in [-0.1, -0.05) is 42.5 Å². The summed E-state index contributed by atoms with van der Waals surface area (Å²) in [5.41, 5.74) is 1.00. The lowest BCUT2D eigenvalue weighted by Crippen LogP contribution is -2.22. The Bertz CT molecular complexity index is 1160. The Balaban J connectivity index is 1.68. The van der Waals surface area contributed by atoms with Crippen molar-refractivity contribution >= 4 is 33.1 Å². The molecule has 0 aliphatic carbocycles. The van der Waals surface area contributed by atoms with Crippen molar-refractivity contribution in [3.05, 3.63) is 84.4 Å². The molecule has 0 atom stereocenters. The van der Waals surface area contributed by atoms with Gasteiger partial charge in [-0.25, -0.2) is 8.42 Å². The second-order valence-corrected chi connectivity index (χ2v) is 8.07. The Labute approximate surface area is 174 Å². The number of carbonyl (C=O) groups is 2. The minimum Gasteiger partial charge on any atom is -0.484 e. The van der Waals surface area contributed by atoms with E-state index in [1.807, 2.05) is 0 Å². The Morgan fingerprint density at radius 3 is 2.23 bits per heavy atom. The van der Waals surface area contributed by atoms with Gasteiger partial charge in [0.05, 0.1) is 16.3 Å². The van der Waals surface area contributed by atoms with E-state index in [2.05, 4.69) is 10.0 Å². The standard InChI is InChI=1S/C22H20N2O5S/c1-16(25)17-8-7-9-18(14-17)29-15-22(26)23-20-12-5-6-13-21(20)24-30(27,28)19-10-3-2-4-11-19/h2-14,24H,15H2,1H3,(H,23,26). The fourth-order valence-electron chi connectivity index (χ4n) is 2.62. The maximum absolute atomic E-state index is 12.6. The van der Waals surface area contributed by atoms with E-state index < -0.39 is 15.9 Å². The molecule has 30 heavy (non-hydrogen) atoms. The van der Waals surface area contributed by atoms with Crippen LogP contribution >= 0.6 is 0 Å². The van der Waals surface area contributed by atoms with Crippen LogP contribution in [0.25, 0.3) is 0 Å². The lowest BCUT2D eigenvalue weighted by Gasteiger charge is -2.14. The lowest BCUT2D eigenvalue weighted by atomic mass is 10.1. The van der Waals surface area contributed by atoms with E-state index in [0.717, 1.165) is 0 Å². The topological polar surface area (TPSA) is 102 Å². The molecule has 0 unspecified atom stereocenters. The van der Waals surface area contributed by atoms with Crippen LogP contribution in [-0.2, 0) is 14.8 Å². The van der Waals surface area contributed by atoms with Gasteiger partial charge in [0, 0.05) is 5.56 Å². The summed E-state index contributed by atoms with van der Waals surface area (Å²) in [6.45, 7) is 1.14. The molecule has 0 aliphatic heterocycles. The fraction of sp³-hybridized carbons (Fsp3) is 0.0909. The number of ether oxygens (including phenoxy) is 1. The SMILES string of the molecule is CC(=O)c1cccc(OCC(=O)Nc2ccccc2NS(=O)(=O)c2ccccc2)c1. The van der Waals surface area contributed by atoms with E-state index in [0.29, 0.717) is 17.0 Å². The van der Waals surface area contributed by atoms with Crippen molar-refractivity contribution in [2.45, 2.75) is 11.8 Å². The summed E-state index contributed by atoms with van der Waals surface area (Å²) in [7, 11) is -3.80. The molecule has 0 saturated heterocycles. The molecule has 8 heteroatoms. The second-order valence-electron chi connectivity index (χ2n) is 6.39. The molecule has 0 heterocycles. The maximum Gasteiger partial charge on any atom is 0.262 e. The number of carbonyl (C=O) groups excluding carboxylic acids is 2. The molecule has 0 saturated carbocycles. The van der Waals surface area contributed by atoms with Crippen LogP contribution in [0.5, 0.6) is 5.75 Å². The van der Waals surface area contributed by atoms with Crippen LogP contribution in [0.2, 0.25) is 0 Å². The van der Waals surface area contributed by atoms with Crippen LogP contribution in [-0.4, -0.2) is 26.7 Å². The molecule has 0 aromatic heterocycles. The minimum atomic E-state index is -3.80. The van der Waals surface area contributed by atoms with Crippen LogP contribution < -0.4 is 14.8 Å². The first-order valence-corrected chi connectivity index (χ1v) is 10.5. The van der Waals surface area contributed by atoms with E-state index in [-0.39, 0.29) is 23.0 Å². The van der Waals surface area contributed by atoms with Crippen LogP contribution in [0.4, 0.5) is 11.4 Å². The Kier molecular flexibility index (Phi) is 6.48. The van der Waals surface area contributed by atoms with Gasteiger partial charge in [-0.15, -0.1) is 0 Å². The van der Waals surface area contributed by atoms with Crippen molar-refractivity contribution in [3.8, 4) is 5.75 Å². The highest BCUT2D eigenvalue weighted by Gasteiger charge is 2.16. The predicted octanol–water partition coefficient (Wildman–Crippen LogP) is 3.71. The number of nitrogens with one attached hydrogen (secondary N) is 2. The molecular weight excluding hydrogens is 404 g/mol. The predicted molar refractivity (Wildman–Crippen MR) is 114 cm³/mol. The molecule has 2 N–H and O–H groups in total. The summed E-state index contributed by atoms with van der Waals surface area (Å²) in [6, 6.07) is 20.9. The largest absolute Gasteiger partial charge is 0.484 e.